The van der Waals surface area contributed by atoms with Gasteiger partial charge in [0.25, 0.3) is 0 Å². The molecule has 0 aliphatic rings. The van der Waals surface area contributed by atoms with Crippen LogP contribution < -0.4 is 5.32 Å². The van der Waals surface area contributed by atoms with Crippen molar-refractivity contribution in [2.24, 2.45) is 0 Å². The highest BCUT2D eigenvalue weighted by molar-refractivity contribution is 7.09. The number of esters is 1. The molecule has 2 rings (SSSR count). The fourth-order valence-corrected chi connectivity index (χ4v) is 3.39. The highest BCUT2D eigenvalue weighted by atomic mass is 35.5. The maximum atomic E-state index is 12.2. The van der Waals surface area contributed by atoms with Gasteiger partial charge in [-0.25, -0.2) is 9.78 Å². The Labute approximate surface area is 139 Å². The topological polar surface area (TPSA) is 51.2 Å². The Hall–Kier alpha value is -1.43. The first-order chi connectivity index (χ1) is 10.6. The molecule has 6 heteroatoms. The highest BCUT2D eigenvalue weighted by Gasteiger charge is 2.27. The van der Waals surface area contributed by atoms with Crippen LogP contribution in [0.3, 0.4) is 0 Å². The molecule has 0 saturated heterocycles. The van der Waals surface area contributed by atoms with Crippen LogP contribution in [-0.4, -0.2) is 18.1 Å². The minimum atomic E-state index is -0.618. The molecule has 0 unspecified atom stereocenters. The summed E-state index contributed by atoms with van der Waals surface area (Å²) in [4.78, 5) is 16.7. The van der Waals surface area contributed by atoms with E-state index in [-0.39, 0.29) is 12.0 Å². The first-order valence-corrected chi connectivity index (χ1v) is 8.32. The Morgan fingerprint density at radius 1 is 1.45 bits per heavy atom. The molecule has 1 aromatic carbocycles. The number of methoxy groups -OCH3 is 1. The predicted molar refractivity (Wildman–Crippen MR) is 89.2 cm³/mol. The number of thiazole rings is 1. The maximum Gasteiger partial charge on any atom is 0.327 e. The van der Waals surface area contributed by atoms with Gasteiger partial charge in [-0.1, -0.05) is 36.7 Å². The van der Waals surface area contributed by atoms with Gasteiger partial charge in [0.15, 0.2) is 0 Å². The fraction of sp³-hybridized carbons (Fsp3) is 0.375. The van der Waals surface area contributed by atoms with Gasteiger partial charge in [-0.05, 0) is 25.0 Å². The average molecular weight is 339 g/mol. The molecular formula is C16H19ClN2O2S. The summed E-state index contributed by atoms with van der Waals surface area (Å²) in [7, 11) is 1.38. The molecule has 4 nitrogen and oxygen atoms in total. The van der Waals surface area contributed by atoms with Crippen molar-refractivity contribution in [2.75, 3.05) is 7.11 Å². The van der Waals surface area contributed by atoms with E-state index < -0.39 is 6.04 Å². The molecule has 22 heavy (non-hydrogen) atoms. The van der Waals surface area contributed by atoms with E-state index in [4.69, 9.17) is 16.3 Å². The first-order valence-electron chi connectivity index (χ1n) is 7.07. The van der Waals surface area contributed by atoms with E-state index in [1.165, 1.54) is 7.11 Å². The molecule has 118 valence electrons. The first kappa shape index (κ1) is 16.9. The van der Waals surface area contributed by atoms with Gasteiger partial charge in [0.1, 0.15) is 11.0 Å². The number of halogens is 1. The van der Waals surface area contributed by atoms with E-state index in [1.54, 1.807) is 17.4 Å². The molecule has 1 N–H and O–H groups in total. The monoisotopic (exact) mass is 338 g/mol. The lowest BCUT2D eigenvalue weighted by Gasteiger charge is -2.23. The van der Waals surface area contributed by atoms with Crippen LogP contribution in [0.1, 0.15) is 41.7 Å². The van der Waals surface area contributed by atoms with Gasteiger partial charge in [0, 0.05) is 16.1 Å². The largest absolute Gasteiger partial charge is 0.468 e. The summed E-state index contributed by atoms with van der Waals surface area (Å²) in [5, 5.41) is 6.83. The summed E-state index contributed by atoms with van der Waals surface area (Å²) in [6, 6.07) is 6.64. The van der Waals surface area contributed by atoms with Crippen LogP contribution >= 0.6 is 22.9 Å². The summed E-state index contributed by atoms with van der Waals surface area (Å²) in [5.41, 5.74) is 1.69. The van der Waals surface area contributed by atoms with Gasteiger partial charge in [-0.2, -0.15) is 0 Å². The van der Waals surface area contributed by atoms with E-state index >= 15 is 0 Å². The van der Waals surface area contributed by atoms with E-state index in [9.17, 15) is 4.79 Å². The van der Waals surface area contributed by atoms with Crippen molar-refractivity contribution in [3.8, 4) is 0 Å². The third-order valence-electron chi connectivity index (χ3n) is 3.36. The summed E-state index contributed by atoms with van der Waals surface area (Å²) >= 11 is 7.82. The maximum absolute atomic E-state index is 12.2. The molecule has 1 heterocycles. The van der Waals surface area contributed by atoms with Gasteiger partial charge in [-0.3, -0.25) is 5.32 Å². The third kappa shape index (κ3) is 3.85. The van der Waals surface area contributed by atoms with Gasteiger partial charge >= 0.3 is 5.97 Å². The number of aryl methyl sites for hydroxylation is 1. The summed E-state index contributed by atoms with van der Waals surface area (Å²) in [6.45, 7) is 4.01. The number of aromatic nitrogens is 1. The SMILES string of the molecule is CC[C@@H](N[C@H](C(=O)OC)c1ccccc1Cl)c1nc(C)cs1. The van der Waals surface area contributed by atoms with E-state index in [0.29, 0.717) is 10.6 Å². The van der Waals surface area contributed by atoms with Crippen molar-refractivity contribution in [3.05, 3.63) is 50.9 Å². The van der Waals surface area contributed by atoms with Crippen LogP contribution in [0, 0.1) is 6.92 Å². The lowest BCUT2D eigenvalue weighted by atomic mass is 10.1. The number of nitrogens with zero attached hydrogens (tertiary/aromatic N) is 1. The van der Waals surface area contributed by atoms with Crippen molar-refractivity contribution in [3.63, 3.8) is 0 Å². The molecule has 0 spiro atoms. The van der Waals surface area contributed by atoms with Gasteiger partial charge < -0.3 is 4.74 Å². The van der Waals surface area contributed by atoms with Crippen LogP contribution in [-0.2, 0) is 9.53 Å². The van der Waals surface area contributed by atoms with Crippen molar-refractivity contribution in [2.45, 2.75) is 32.4 Å². The van der Waals surface area contributed by atoms with Crippen molar-refractivity contribution in [1.29, 1.82) is 0 Å². The number of nitrogens with one attached hydrogen (secondary N) is 1. The fourth-order valence-electron chi connectivity index (χ4n) is 2.21. The van der Waals surface area contributed by atoms with Gasteiger partial charge in [-0.15, -0.1) is 11.3 Å². The highest BCUT2D eigenvalue weighted by Crippen LogP contribution is 2.29. The molecule has 0 saturated carbocycles. The van der Waals surface area contributed by atoms with E-state index in [1.807, 2.05) is 30.5 Å². The van der Waals surface area contributed by atoms with Crippen molar-refractivity contribution in [1.82, 2.24) is 10.3 Å². The average Bonchev–Trinajstić information content (AvgIpc) is 2.95. The Balaban J connectivity index is 2.30. The van der Waals surface area contributed by atoms with Crippen LogP contribution in [0.15, 0.2) is 29.6 Å². The molecule has 2 aromatic rings. The number of rotatable bonds is 6. The second-order valence-corrected chi connectivity index (χ2v) is 6.23. The number of benzene rings is 1. The molecule has 0 aliphatic carbocycles. The smallest absolute Gasteiger partial charge is 0.327 e. The minimum absolute atomic E-state index is 0.0286. The van der Waals surface area contributed by atoms with Gasteiger partial charge in [0.2, 0.25) is 0 Å². The Morgan fingerprint density at radius 2 is 2.18 bits per heavy atom. The van der Waals surface area contributed by atoms with Crippen LogP contribution in [0.2, 0.25) is 5.02 Å². The molecule has 1 aromatic heterocycles. The second kappa shape index (κ2) is 7.72. The number of carbonyl (C=O) groups excluding carboxylic acids is 1. The normalized spacial score (nSPS) is 13.6. The molecule has 2 atom stereocenters. The standard InChI is InChI=1S/C16H19ClN2O2S/c1-4-13(15-18-10(2)9-22-15)19-14(16(20)21-3)11-7-5-6-8-12(11)17/h5-9,13-14,19H,4H2,1-3H3/t13-,14+/m1/s1. The number of carbonyl (C=O) groups is 1. The van der Waals surface area contributed by atoms with Crippen molar-refractivity contribution < 1.29 is 9.53 Å². The number of ether oxygens (including phenoxy) is 1. The van der Waals surface area contributed by atoms with Crippen molar-refractivity contribution >= 4 is 28.9 Å². The van der Waals surface area contributed by atoms with E-state index in [2.05, 4.69) is 17.2 Å². The third-order valence-corrected chi connectivity index (χ3v) is 4.78. The Morgan fingerprint density at radius 3 is 2.73 bits per heavy atom. The Kier molecular flexibility index (Phi) is 5.94. The zero-order chi connectivity index (χ0) is 16.1. The number of hydrogen-bond acceptors (Lipinski definition) is 5. The number of hydrogen-bond donors (Lipinski definition) is 1. The lowest BCUT2D eigenvalue weighted by Crippen LogP contribution is -2.33. The zero-order valence-electron chi connectivity index (χ0n) is 12.8. The van der Waals surface area contributed by atoms with E-state index in [0.717, 1.165) is 17.1 Å². The molecule has 0 amide bonds. The van der Waals surface area contributed by atoms with Gasteiger partial charge in [0.05, 0.1) is 13.2 Å². The van der Waals surface area contributed by atoms with Crippen LogP contribution in [0.4, 0.5) is 0 Å². The quantitative estimate of drug-likeness (QED) is 0.807. The molecule has 0 aliphatic heterocycles. The molecular weight excluding hydrogens is 320 g/mol. The summed E-state index contributed by atoms with van der Waals surface area (Å²) in [6.07, 6.45) is 0.810. The lowest BCUT2D eigenvalue weighted by molar-refractivity contribution is -0.143. The summed E-state index contributed by atoms with van der Waals surface area (Å²) in [5.74, 6) is -0.361. The summed E-state index contributed by atoms with van der Waals surface area (Å²) < 4.78 is 4.93. The Bertz CT molecular complexity index is 645. The van der Waals surface area contributed by atoms with Crippen LogP contribution in [0.5, 0.6) is 0 Å². The zero-order valence-corrected chi connectivity index (χ0v) is 14.4. The molecule has 0 fully saturated rings. The second-order valence-electron chi connectivity index (χ2n) is 4.93. The predicted octanol–water partition coefficient (Wildman–Crippen LogP) is 4.06. The van der Waals surface area contributed by atoms with Crippen LogP contribution in [0.25, 0.3) is 0 Å². The molecule has 0 radical (unpaired) electrons. The minimum Gasteiger partial charge on any atom is -0.468 e. The molecule has 0 bridgehead atoms.